The van der Waals surface area contributed by atoms with Gasteiger partial charge in [0.25, 0.3) is 5.91 Å². The summed E-state index contributed by atoms with van der Waals surface area (Å²) in [7, 11) is 1.36. The van der Waals surface area contributed by atoms with Gasteiger partial charge in [-0.05, 0) is 29.8 Å². The van der Waals surface area contributed by atoms with Crippen LogP contribution in [0.2, 0.25) is 5.02 Å². The smallest absolute Gasteiger partial charge is 0.327 e. The van der Waals surface area contributed by atoms with Gasteiger partial charge in [-0.3, -0.25) is 9.69 Å². The summed E-state index contributed by atoms with van der Waals surface area (Å²) in [5, 5.41) is 9.52. The fourth-order valence-corrected chi connectivity index (χ4v) is 3.61. The van der Waals surface area contributed by atoms with Gasteiger partial charge in [0.1, 0.15) is 6.04 Å². The Balaban J connectivity index is 1.74. The number of halogens is 1. The molecule has 0 N–H and O–H groups in total. The minimum absolute atomic E-state index is 0.121. The zero-order valence-corrected chi connectivity index (χ0v) is 16.2. The van der Waals surface area contributed by atoms with Gasteiger partial charge >= 0.3 is 5.97 Å². The number of carbonyl (C=O) groups is 2. The van der Waals surface area contributed by atoms with Crippen LogP contribution < -0.4 is 0 Å². The standard InChI is InChI=1S/C21H20ClN3O3/c1-28-21(27)19(17-7-2-3-8-18(17)22)24-9-11-25(12-10-24)20(26)16-6-4-5-15(13-16)14-23/h2-8,13,19H,9-12H2,1H3. The van der Waals surface area contributed by atoms with Crippen molar-refractivity contribution in [2.75, 3.05) is 33.3 Å². The number of esters is 1. The molecular formula is C21H20ClN3O3. The van der Waals surface area contributed by atoms with Crippen molar-refractivity contribution in [2.45, 2.75) is 6.04 Å². The highest BCUT2D eigenvalue weighted by molar-refractivity contribution is 6.31. The van der Waals surface area contributed by atoms with Crippen LogP contribution in [0.1, 0.15) is 27.5 Å². The first-order chi connectivity index (χ1) is 13.5. The molecule has 2 aromatic rings. The van der Waals surface area contributed by atoms with Gasteiger partial charge in [0.2, 0.25) is 0 Å². The molecule has 1 heterocycles. The molecule has 7 heteroatoms. The van der Waals surface area contributed by atoms with Crippen LogP contribution in [0.25, 0.3) is 0 Å². The lowest BCUT2D eigenvalue weighted by Gasteiger charge is -2.38. The van der Waals surface area contributed by atoms with E-state index < -0.39 is 6.04 Å². The SMILES string of the molecule is COC(=O)C(c1ccccc1Cl)N1CCN(C(=O)c2cccc(C#N)c2)CC1. The Morgan fingerprint density at radius 1 is 1.11 bits per heavy atom. The van der Waals surface area contributed by atoms with Crippen molar-refractivity contribution in [1.29, 1.82) is 5.26 Å². The molecule has 1 amide bonds. The fraction of sp³-hybridized carbons (Fsp3) is 0.286. The Labute approximate surface area is 168 Å². The van der Waals surface area contributed by atoms with E-state index in [0.717, 1.165) is 0 Å². The van der Waals surface area contributed by atoms with Crippen molar-refractivity contribution in [3.63, 3.8) is 0 Å². The number of nitriles is 1. The third kappa shape index (κ3) is 4.16. The van der Waals surface area contributed by atoms with Gasteiger partial charge in [0.05, 0.1) is 18.7 Å². The van der Waals surface area contributed by atoms with Gasteiger partial charge in [0, 0.05) is 36.8 Å². The van der Waals surface area contributed by atoms with Crippen LogP contribution in [0, 0.1) is 11.3 Å². The quantitative estimate of drug-likeness (QED) is 0.741. The molecule has 1 aliphatic rings. The number of piperazine rings is 1. The second-order valence-corrected chi connectivity index (χ2v) is 6.88. The lowest BCUT2D eigenvalue weighted by atomic mass is 10.0. The van der Waals surface area contributed by atoms with E-state index in [2.05, 4.69) is 0 Å². The predicted molar refractivity (Wildman–Crippen MR) is 105 cm³/mol. The van der Waals surface area contributed by atoms with Crippen molar-refractivity contribution in [3.8, 4) is 6.07 Å². The lowest BCUT2D eigenvalue weighted by molar-refractivity contribution is -0.148. The topological polar surface area (TPSA) is 73.6 Å². The van der Waals surface area contributed by atoms with Gasteiger partial charge in [-0.2, -0.15) is 5.26 Å². The predicted octanol–water partition coefficient (Wildman–Crippen LogP) is 2.88. The van der Waals surface area contributed by atoms with Crippen molar-refractivity contribution >= 4 is 23.5 Å². The number of carbonyl (C=O) groups excluding carboxylic acids is 2. The fourth-order valence-electron chi connectivity index (χ4n) is 3.37. The summed E-state index contributed by atoms with van der Waals surface area (Å²) >= 11 is 6.30. The summed E-state index contributed by atoms with van der Waals surface area (Å²) in [5.41, 5.74) is 1.63. The van der Waals surface area contributed by atoms with E-state index in [0.29, 0.717) is 47.9 Å². The van der Waals surface area contributed by atoms with Gasteiger partial charge in [-0.15, -0.1) is 0 Å². The second-order valence-electron chi connectivity index (χ2n) is 6.47. The molecule has 28 heavy (non-hydrogen) atoms. The molecule has 1 unspecified atom stereocenters. The number of methoxy groups -OCH3 is 1. The lowest BCUT2D eigenvalue weighted by Crippen LogP contribution is -2.51. The van der Waals surface area contributed by atoms with E-state index in [4.69, 9.17) is 21.6 Å². The second kappa shape index (κ2) is 8.87. The van der Waals surface area contributed by atoms with Crippen LogP contribution in [-0.4, -0.2) is 55.0 Å². The van der Waals surface area contributed by atoms with E-state index in [1.165, 1.54) is 7.11 Å². The van der Waals surface area contributed by atoms with E-state index in [-0.39, 0.29) is 11.9 Å². The van der Waals surface area contributed by atoms with Crippen molar-refractivity contribution in [2.24, 2.45) is 0 Å². The Kier molecular flexibility index (Phi) is 6.30. The molecule has 0 radical (unpaired) electrons. The molecule has 1 aliphatic heterocycles. The minimum atomic E-state index is -0.613. The van der Waals surface area contributed by atoms with Crippen LogP contribution in [0.3, 0.4) is 0 Å². The molecule has 144 valence electrons. The molecule has 3 rings (SSSR count). The molecule has 1 saturated heterocycles. The maximum atomic E-state index is 12.7. The van der Waals surface area contributed by atoms with Gasteiger partial charge in [-0.25, -0.2) is 4.79 Å². The van der Waals surface area contributed by atoms with Gasteiger partial charge < -0.3 is 9.64 Å². The van der Waals surface area contributed by atoms with Crippen LogP contribution in [0.15, 0.2) is 48.5 Å². The summed E-state index contributed by atoms with van der Waals surface area (Å²) in [6.45, 7) is 1.95. The number of hydrogen-bond donors (Lipinski definition) is 0. The molecule has 0 bridgehead atoms. The van der Waals surface area contributed by atoms with E-state index >= 15 is 0 Å². The van der Waals surface area contributed by atoms with Crippen LogP contribution >= 0.6 is 11.6 Å². The monoisotopic (exact) mass is 397 g/mol. The Morgan fingerprint density at radius 2 is 1.82 bits per heavy atom. The van der Waals surface area contributed by atoms with Crippen molar-refractivity contribution < 1.29 is 14.3 Å². The third-order valence-electron chi connectivity index (χ3n) is 4.83. The highest BCUT2D eigenvalue weighted by Crippen LogP contribution is 2.29. The molecule has 0 saturated carbocycles. The zero-order valence-electron chi connectivity index (χ0n) is 15.5. The Bertz CT molecular complexity index is 917. The molecular weight excluding hydrogens is 378 g/mol. The Hall–Kier alpha value is -2.88. The van der Waals surface area contributed by atoms with E-state index in [1.54, 1.807) is 35.2 Å². The van der Waals surface area contributed by atoms with E-state index in [9.17, 15) is 9.59 Å². The summed E-state index contributed by atoms with van der Waals surface area (Å²) in [6, 6.07) is 15.3. The maximum Gasteiger partial charge on any atom is 0.327 e. The number of nitrogens with zero attached hydrogens (tertiary/aromatic N) is 3. The average molecular weight is 398 g/mol. The molecule has 1 fully saturated rings. The third-order valence-corrected chi connectivity index (χ3v) is 5.17. The molecule has 0 aromatic heterocycles. The molecule has 6 nitrogen and oxygen atoms in total. The first-order valence-electron chi connectivity index (χ1n) is 8.91. The largest absolute Gasteiger partial charge is 0.468 e. The average Bonchev–Trinajstić information content (AvgIpc) is 2.75. The van der Waals surface area contributed by atoms with Gasteiger partial charge in [-0.1, -0.05) is 35.9 Å². The Morgan fingerprint density at radius 3 is 2.46 bits per heavy atom. The van der Waals surface area contributed by atoms with E-state index in [1.807, 2.05) is 29.2 Å². The zero-order chi connectivity index (χ0) is 20.1. The molecule has 0 spiro atoms. The summed E-state index contributed by atoms with van der Waals surface area (Å²) < 4.78 is 4.99. The summed E-state index contributed by atoms with van der Waals surface area (Å²) in [6.07, 6.45) is 0. The summed E-state index contributed by atoms with van der Waals surface area (Å²) in [5.74, 6) is -0.501. The first-order valence-corrected chi connectivity index (χ1v) is 9.28. The van der Waals surface area contributed by atoms with Gasteiger partial charge in [0.15, 0.2) is 0 Å². The first kappa shape index (κ1) is 19.9. The molecule has 2 aromatic carbocycles. The highest BCUT2D eigenvalue weighted by Gasteiger charge is 2.33. The van der Waals surface area contributed by atoms with Crippen molar-refractivity contribution in [3.05, 3.63) is 70.2 Å². The number of hydrogen-bond acceptors (Lipinski definition) is 5. The minimum Gasteiger partial charge on any atom is -0.468 e. The number of rotatable bonds is 4. The molecule has 1 atom stereocenters. The van der Waals surface area contributed by atoms with Crippen LogP contribution in [-0.2, 0) is 9.53 Å². The van der Waals surface area contributed by atoms with Crippen LogP contribution in [0.5, 0.6) is 0 Å². The van der Waals surface area contributed by atoms with Crippen LogP contribution in [0.4, 0.5) is 0 Å². The normalized spacial score (nSPS) is 15.5. The maximum absolute atomic E-state index is 12.7. The number of benzene rings is 2. The highest BCUT2D eigenvalue weighted by atomic mass is 35.5. The summed E-state index contributed by atoms with van der Waals surface area (Å²) in [4.78, 5) is 28.9. The molecule has 0 aliphatic carbocycles. The number of ether oxygens (including phenoxy) is 1. The number of amides is 1. The van der Waals surface area contributed by atoms with Crippen molar-refractivity contribution in [1.82, 2.24) is 9.80 Å².